The molecule has 0 spiro atoms. The van der Waals surface area contributed by atoms with E-state index in [-0.39, 0.29) is 12.4 Å². The third-order valence-electron chi connectivity index (χ3n) is 4.58. The average molecular weight is 378 g/mol. The first-order valence-corrected chi connectivity index (χ1v) is 8.77. The molecule has 7 nitrogen and oxygen atoms in total. The van der Waals surface area contributed by atoms with Gasteiger partial charge in [-0.25, -0.2) is 4.98 Å². The molecule has 0 atom stereocenters. The maximum absolute atomic E-state index is 12.9. The van der Waals surface area contributed by atoms with Crippen molar-refractivity contribution in [2.45, 2.75) is 13.1 Å². The zero-order chi connectivity index (χ0) is 19.2. The highest BCUT2D eigenvalue weighted by atomic mass is 19.3. The second-order valence-electron chi connectivity index (χ2n) is 6.08. The number of hydrogen-bond donors (Lipinski definition) is 1. The lowest BCUT2D eigenvalue weighted by atomic mass is 10.2. The maximum Gasteiger partial charge on any atom is 0.319 e. The van der Waals surface area contributed by atoms with Gasteiger partial charge >= 0.3 is 6.55 Å². The number of aromatic nitrogens is 2. The molecular weight excluding hydrogens is 354 g/mol. The Balaban J connectivity index is 1.58. The minimum Gasteiger partial charge on any atom is -0.495 e. The Morgan fingerprint density at radius 2 is 2.00 bits per heavy atom. The number of nitrogens with one attached hydrogen (secondary N) is 1. The number of benzene rings is 1. The predicted molar refractivity (Wildman–Crippen MR) is 100 cm³/mol. The van der Waals surface area contributed by atoms with Crippen LogP contribution in [-0.4, -0.2) is 60.7 Å². The number of alkyl halides is 2. The largest absolute Gasteiger partial charge is 0.495 e. The summed E-state index contributed by atoms with van der Waals surface area (Å²) < 4.78 is 32.1. The van der Waals surface area contributed by atoms with Crippen LogP contribution < -0.4 is 15.0 Å². The molecule has 0 saturated carbocycles. The third kappa shape index (κ3) is 4.29. The Labute approximate surface area is 157 Å². The summed E-state index contributed by atoms with van der Waals surface area (Å²) in [5.41, 5.74) is 1.07. The molecule has 1 aliphatic heterocycles. The first kappa shape index (κ1) is 18.9. The van der Waals surface area contributed by atoms with Crippen LogP contribution in [0.3, 0.4) is 0 Å². The lowest BCUT2D eigenvalue weighted by Gasteiger charge is -2.38. The van der Waals surface area contributed by atoms with Gasteiger partial charge in [0.15, 0.2) is 5.96 Å². The van der Waals surface area contributed by atoms with Crippen molar-refractivity contribution in [3.8, 4) is 5.75 Å². The van der Waals surface area contributed by atoms with Crippen LogP contribution in [0.2, 0.25) is 0 Å². The molecule has 0 aliphatic carbocycles. The van der Waals surface area contributed by atoms with Crippen molar-refractivity contribution in [1.29, 1.82) is 0 Å². The predicted octanol–water partition coefficient (Wildman–Crippen LogP) is 2.18. The van der Waals surface area contributed by atoms with Gasteiger partial charge in [0.05, 0.1) is 19.3 Å². The molecule has 0 amide bonds. The molecule has 1 N–H and O–H groups in total. The molecule has 0 bridgehead atoms. The minimum absolute atomic E-state index is 0.191. The highest BCUT2D eigenvalue weighted by molar-refractivity contribution is 5.80. The number of imidazole rings is 1. The Kier molecular flexibility index (Phi) is 6.10. The zero-order valence-corrected chi connectivity index (χ0v) is 15.5. The molecule has 3 rings (SSSR count). The summed E-state index contributed by atoms with van der Waals surface area (Å²) in [6, 6.07) is 7.95. The lowest BCUT2D eigenvalue weighted by Crippen LogP contribution is -2.52. The average Bonchev–Trinajstić information content (AvgIpc) is 3.18. The van der Waals surface area contributed by atoms with Crippen molar-refractivity contribution in [3.05, 3.63) is 42.5 Å². The van der Waals surface area contributed by atoms with Crippen LogP contribution in [0.1, 0.15) is 12.4 Å². The summed E-state index contributed by atoms with van der Waals surface area (Å²) >= 11 is 0. The second-order valence-corrected chi connectivity index (χ2v) is 6.08. The smallest absolute Gasteiger partial charge is 0.319 e. The molecule has 0 radical (unpaired) electrons. The summed E-state index contributed by atoms with van der Waals surface area (Å²) in [5.74, 6) is 1.81. The van der Waals surface area contributed by atoms with E-state index in [4.69, 9.17) is 4.74 Å². The first-order valence-electron chi connectivity index (χ1n) is 8.77. The Morgan fingerprint density at radius 1 is 1.26 bits per heavy atom. The fourth-order valence-corrected chi connectivity index (χ4v) is 3.20. The summed E-state index contributed by atoms with van der Waals surface area (Å²) in [4.78, 5) is 12.6. The van der Waals surface area contributed by atoms with Gasteiger partial charge in [0.25, 0.3) is 0 Å². The topological polar surface area (TPSA) is 57.9 Å². The summed E-state index contributed by atoms with van der Waals surface area (Å²) in [5, 5.41) is 3.13. The maximum atomic E-state index is 12.9. The quantitative estimate of drug-likeness (QED) is 0.639. The fraction of sp³-hybridized carbons (Fsp3) is 0.444. The van der Waals surface area contributed by atoms with Crippen LogP contribution in [0.4, 0.5) is 14.5 Å². The monoisotopic (exact) mass is 378 g/mol. The molecule has 146 valence electrons. The van der Waals surface area contributed by atoms with Gasteiger partial charge in [-0.2, -0.15) is 8.78 Å². The number of anilines is 1. The number of ether oxygens (including phenoxy) is 1. The fourth-order valence-electron chi connectivity index (χ4n) is 3.20. The van der Waals surface area contributed by atoms with E-state index in [0.717, 1.165) is 42.2 Å². The van der Waals surface area contributed by atoms with Gasteiger partial charge in [0.1, 0.15) is 11.6 Å². The Morgan fingerprint density at radius 3 is 2.67 bits per heavy atom. The van der Waals surface area contributed by atoms with Crippen molar-refractivity contribution in [2.75, 3.05) is 45.2 Å². The highest BCUT2D eigenvalue weighted by Gasteiger charge is 2.22. The molecule has 2 aromatic rings. The molecule has 2 heterocycles. The molecule has 1 aromatic carbocycles. The van der Waals surface area contributed by atoms with Crippen LogP contribution in [-0.2, 0) is 6.54 Å². The molecular formula is C18H24F2N6O. The van der Waals surface area contributed by atoms with Crippen molar-refractivity contribution < 1.29 is 13.5 Å². The van der Waals surface area contributed by atoms with Gasteiger partial charge in [-0.3, -0.25) is 9.56 Å². The number of aliphatic imine (C=N–C) groups is 1. The van der Waals surface area contributed by atoms with Crippen molar-refractivity contribution in [2.24, 2.45) is 4.99 Å². The first-order chi connectivity index (χ1) is 13.1. The van der Waals surface area contributed by atoms with Crippen molar-refractivity contribution in [1.82, 2.24) is 19.8 Å². The van der Waals surface area contributed by atoms with Crippen LogP contribution >= 0.6 is 0 Å². The normalized spacial score (nSPS) is 15.4. The van der Waals surface area contributed by atoms with E-state index in [9.17, 15) is 8.78 Å². The molecule has 0 unspecified atom stereocenters. The molecule has 1 aromatic heterocycles. The van der Waals surface area contributed by atoms with Gasteiger partial charge in [0, 0.05) is 45.6 Å². The Hall–Kier alpha value is -2.84. The Bertz CT molecular complexity index is 771. The number of nitrogens with zero attached hydrogens (tertiary/aromatic N) is 5. The summed E-state index contributed by atoms with van der Waals surface area (Å²) in [6.07, 6.45) is 2.65. The van der Waals surface area contributed by atoms with Gasteiger partial charge < -0.3 is 19.9 Å². The molecule has 27 heavy (non-hydrogen) atoms. The van der Waals surface area contributed by atoms with Crippen LogP contribution in [0.15, 0.2) is 41.7 Å². The number of methoxy groups -OCH3 is 1. The van der Waals surface area contributed by atoms with E-state index in [1.165, 1.54) is 12.4 Å². The van der Waals surface area contributed by atoms with Crippen LogP contribution in [0, 0.1) is 0 Å². The van der Waals surface area contributed by atoms with Crippen molar-refractivity contribution >= 4 is 11.6 Å². The van der Waals surface area contributed by atoms with Crippen LogP contribution in [0.5, 0.6) is 5.75 Å². The number of halogens is 2. The van der Waals surface area contributed by atoms with Gasteiger partial charge in [-0.1, -0.05) is 12.1 Å². The number of guanidine groups is 1. The number of rotatable bonds is 5. The standard InChI is InChI=1S/C18H24F2N6O/c1-21-18(23-13-16-22-7-8-26(16)17(19)20)25-11-9-24(10-12-25)14-5-3-4-6-15(14)27-2/h3-8,17H,9-13H2,1-2H3,(H,21,23). The SMILES string of the molecule is CN=C(NCc1nccn1C(F)F)N1CCN(c2ccccc2OC)CC1. The molecule has 1 fully saturated rings. The molecule has 9 heteroatoms. The minimum atomic E-state index is -2.60. The number of para-hydroxylation sites is 2. The van der Waals surface area contributed by atoms with E-state index in [0.29, 0.717) is 5.96 Å². The van der Waals surface area contributed by atoms with E-state index >= 15 is 0 Å². The van der Waals surface area contributed by atoms with E-state index in [1.807, 2.05) is 24.3 Å². The lowest BCUT2D eigenvalue weighted by molar-refractivity contribution is 0.0668. The van der Waals surface area contributed by atoms with Gasteiger partial charge in [0.2, 0.25) is 0 Å². The van der Waals surface area contributed by atoms with Gasteiger partial charge in [-0.05, 0) is 12.1 Å². The zero-order valence-electron chi connectivity index (χ0n) is 15.5. The number of piperazine rings is 1. The molecule has 1 saturated heterocycles. The number of hydrogen-bond acceptors (Lipinski definition) is 4. The van der Waals surface area contributed by atoms with Crippen molar-refractivity contribution in [3.63, 3.8) is 0 Å². The van der Waals surface area contributed by atoms with E-state index in [1.54, 1.807) is 14.2 Å². The summed E-state index contributed by atoms with van der Waals surface area (Å²) in [7, 11) is 3.36. The third-order valence-corrected chi connectivity index (χ3v) is 4.58. The van der Waals surface area contributed by atoms with E-state index in [2.05, 4.69) is 25.1 Å². The second kappa shape index (κ2) is 8.70. The van der Waals surface area contributed by atoms with Crippen LogP contribution in [0.25, 0.3) is 0 Å². The van der Waals surface area contributed by atoms with Gasteiger partial charge in [-0.15, -0.1) is 0 Å². The van der Waals surface area contributed by atoms with E-state index < -0.39 is 6.55 Å². The highest BCUT2D eigenvalue weighted by Crippen LogP contribution is 2.28. The molecule has 1 aliphatic rings. The summed E-state index contributed by atoms with van der Waals surface area (Å²) in [6.45, 7) is 0.744.